The Kier molecular flexibility index (Phi) is 4.00. The third kappa shape index (κ3) is 3.87. The average molecular weight is 230 g/mol. The minimum absolute atomic E-state index is 0.509. The van der Waals surface area contributed by atoms with Gasteiger partial charge in [0.15, 0.2) is 0 Å². The van der Waals surface area contributed by atoms with E-state index < -0.39 is 11.7 Å². The van der Waals surface area contributed by atoms with Gasteiger partial charge in [0, 0.05) is 0 Å². The van der Waals surface area contributed by atoms with Gasteiger partial charge in [-0.2, -0.15) is 13.2 Å². The van der Waals surface area contributed by atoms with Gasteiger partial charge in [-0.1, -0.05) is 25.5 Å². The molecule has 0 fully saturated rings. The van der Waals surface area contributed by atoms with Crippen LogP contribution in [0.5, 0.6) is 0 Å². The highest BCUT2D eigenvalue weighted by Gasteiger charge is 2.30. The summed E-state index contributed by atoms with van der Waals surface area (Å²) in [5.74, 6) is 0.509. The molecule has 1 rings (SSSR count). The number of alkyl halides is 3. The number of rotatable bonds is 3. The van der Waals surface area contributed by atoms with E-state index in [2.05, 4.69) is 13.8 Å². The van der Waals surface area contributed by atoms with Gasteiger partial charge >= 0.3 is 6.18 Å². The fourth-order valence-electron chi connectivity index (χ4n) is 1.63. The minimum atomic E-state index is -4.24. The van der Waals surface area contributed by atoms with Crippen molar-refractivity contribution in [2.24, 2.45) is 5.92 Å². The molecule has 0 heterocycles. The molecule has 1 aromatic carbocycles. The summed E-state index contributed by atoms with van der Waals surface area (Å²) in [6, 6.07) is 4.28. The maximum absolute atomic E-state index is 12.5. The molecule has 0 saturated heterocycles. The molecule has 0 spiro atoms. The summed E-state index contributed by atoms with van der Waals surface area (Å²) in [4.78, 5) is 0. The van der Waals surface area contributed by atoms with Crippen molar-refractivity contribution in [3.8, 4) is 0 Å². The van der Waals surface area contributed by atoms with E-state index in [4.69, 9.17) is 0 Å². The first-order valence-electron chi connectivity index (χ1n) is 5.47. The SMILES string of the molecule is Cc1cc(CCC(C)C)cc(C(F)(F)F)c1. The number of hydrogen-bond acceptors (Lipinski definition) is 0. The van der Waals surface area contributed by atoms with Crippen LogP contribution in [0.3, 0.4) is 0 Å². The van der Waals surface area contributed by atoms with Gasteiger partial charge in [-0.25, -0.2) is 0 Å². The van der Waals surface area contributed by atoms with E-state index in [0.29, 0.717) is 17.9 Å². The van der Waals surface area contributed by atoms with Crippen LogP contribution in [0.2, 0.25) is 0 Å². The summed E-state index contributed by atoms with van der Waals surface area (Å²) in [5, 5.41) is 0. The second-order valence-corrected chi connectivity index (χ2v) is 4.64. The van der Waals surface area contributed by atoms with E-state index in [1.165, 1.54) is 12.1 Å². The lowest BCUT2D eigenvalue weighted by atomic mass is 9.99. The van der Waals surface area contributed by atoms with E-state index in [1.807, 2.05) is 6.07 Å². The van der Waals surface area contributed by atoms with Gasteiger partial charge in [0.05, 0.1) is 5.56 Å². The second-order valence-electron chi connectivity index (χ2n) is 4.64. The van der Waals surface area contributed by atoms with Gasteiger partial charge in [-0.3, -0.25) is 0 Å². The summed E-state index contributed by atoms with van der Waals surface area (Å²) in [6.07, 6.45) is -2.61. The fraction of sp³-hybridized carbons (Fsp3) is 0.538. The quantitative estimate of drug-likeness (QED) is 0.711. The lowest BCUT2D eigenvalue weighted by Crippen LogP contribution is -2.06. The average Bonchev–Trinajstić information content (AvgIpc) is 2.12. The topological polar surface area (TPSA) is 0 Å². The van der Waals surface area contributed by atoms with Gasteiger partial charge in [-0.05, 0) is 43.4 Å². The number of benzene rings is 1. The number of hydrogen-bond donors (Lipinski definition) is 0. The molecule has 0 bridgehead atoms. The van der Waals surface area contributed by atoms with Crippen LogP contribution < -0.4 is 0 Å². The van der Waals surface area contributed by atoms with Crippen molar-refractivity contribution in [1.29, 1.82) is 0 Å². The summed E-state index contributed by atoms with van der Waals surface area (Å²) >= 11 is 0. The molecule has 0 amide bonds. The maximum atomic E-state index is 12.5. The Balaban J connectivity index is 2.90. The minimum Gasteiger partial charge on any atom is -0.166 e. The Morgan fingerprint density at radius 3 is 2.25 bits per heavy atom. The van der Waals surface area contributed by atoms with E-state index >= 15 is 0 Å². The molecule has 0 N–H and O–H groups in total. The lowest BCUT2D eigenvalue weighted by molar-refractivity contribution is -0.137. The van der Waals surface area contributed by atoms with E-state index in [9.17, 15) is 13.2 Å². The molecule has 0 aliphatic heterocycles. The lowest BCUT2D eigenvalue weighted by Gasteiger charge is -2.11. The second kappa shape index (κ2) is 4.89. The predicted molar refractivity (Wildman–Crippen MR) is 59.3 cm³/mol. The molecule has 90 valence electrons. The van der Waals surface area contributed by atoms with Crippen LogP contribution in [0, 0.1) is 12.8 Å². The largest absolute Gasteiger partial charge is 0.416 e. The summed E-state index contributed by atoms with van der Waals surface area (Å²) in [7, 11) is 0. The first kappa shape index (κ1) is 13.1. The Morgan fingerprint density at radius 2 is 1.75 bits per heavy atom. The highest BCUT2D eigenvalue weighted by Crippen LogP contribution is 2.30. The zero-order valence-corrected chi connectivity index (χ0v) is 9.86. The Bertz CT molecular complexity index is 351. The number of halogens is 3. The third-order valence-corrected chi connectivity index (χ3v) is 2.47. The van der Waals surface area contributed by atoms with Gasteiger partial charge < -0.3 is 0 Å². The van der Waals surface area contributed by atoms with Crippen LogP contribution >= 0.6 is 0 Å². The van der Waals surface area contributed by atoms with Crippen molar-refractivity contribution in [3.05, 3.63) is 34.9 Å². The molecule has 0 aromatic heterocycles. The zero-order valence-electron chi connectivity index (χ0n) is 9.86. The Labute approximate surface area is 94.5 Å². The zero-order chi connectivity index (χ0) is 12.3. The van der Waals surface area contributed by atoms with Crippen molar-refractivity contribution >= 4 is 0 Å². The van der Waals surface area contributed by atoms with Gasteiger partial charge in [0.2, 0.25) is 0 Å². The molecule has 1 aromatic rings. The molecular formula is C13H17F3. The van der Waals surface area contributed by atoms with Crippen molar-refractivity contribution < 1.29 is 13.2 Å². The van der Waals surface area contributed by atoms with E-state index in [1.54, 1.807) is 6.92 Å². The van der Waals surface area contributed by atoms with Crippen LogP contribution in [0.1, 0.15) is 37.0 Å². The predicted octanol–water partition coefficient (Wildman–Crippen LogP) is 4.60. The van der Waals surface area contributed by atoms with Gasteiger partial charge in [-0.15, -0.1) is 0 Å². The molecule has 0 unspecified atom stereocenters. The van der Waals surface area contributed by atoms with Crippen LogP contribution in [-0.2, 0) is 12.6 Å². The third-order valence-electron chi connectivity index (χ3n) is 2.47. The Morgan fingerprint density at radius 1 is 1.12 bits per heavy atom. The highest BCUT2D eigenvalue weighted by atomic mass is 19.4. The molecule has 0 aliphatic carbocycles. The van der Waals surface area contributed by atoms with Crippen molar-refractivity contribution in [1.82, 2.24) is 0 Å². The molecule has 3 heteroatoms. The molecule has 0 radical (unpaired) electrons. The van der Waals surface area contributed by atoms with Crippen LogP contribution in [0.4, 0.5) is 13.2 Å². The molecule has 0 nitrogen and oxygen atoms in total. The monoisotopic (exact) mass is 230 g/mol. The molecule has 0 saturated carbocycles. The summed E-state index contributed by atoms with van der Waals surface area (Å²) < 4.78 is 37.6. The first-order valence-corrected chi connectivity index (χ1v) is 5.47. The van der Waals surface area contributed by atoms with E-state index in [0.717, 1.165) is 12.0 Å². The Hall–Kier alpha value is -0.990. The molecule has 0 atom stereocenters. The maximum Gasteiger partial charge on any atom is 0.416 e. The summed E-state index contributed by atoms with van der Waals surface area (Å²) in [6.45, 7) is 5.84. The summed E-state index contributed by atoms with van der Waals surface area (Å²) in [5.41, 5.74) is 0.917. The van der Waals surface area contributed by atoms with E-state index in [-0.39, 0.29) is 0 Å². The van der Waals surface area contributed by atoms with Crippen molar-refractivity contribution in [3.63, 3.8) is 0 Å². The van der Waals surface area contributed by atoms with Crippen LogP contribution in [-0.4, -0.2) is 0 Å². The smallest absolute Gasteiger partial charge is 0.166 e. The highest BCUT2D eigenvalue weighted by molar-refractivity contribution is 5.31. The number of aryl methyl sites for hydroxylation is 2. The molecule has 16 heavy (non-hydrogen) atoms. The standard InChI is InChI=1S/C13H17F3/c1-9(2)4-5-11-6-10(3)7-12(8-11)13(14,15)16/h6-9H,4-5H2,1-3H3. The fourth-order valence-corrected chi connectivity index (χ4v) is 1.63. The molecular weight excluding hydrogens is 213 g/mol. The first-order chi connectivity index (χ1) is 7.29. The van der Waals surface area contributed by atoms with Crippen molar-refractivity contribution in [2.75, 3.05) is 0 Å². The molecule has 0 aliphatic rings. The van der Waals surface area contributed by atoms with Crippen LogP contribution in [0.25, 0.3) is 0 Å². The van der Waals surface area contributed by atoms with Crippen molar-refractivity contribution in [2.45, 2.75) is 39.8 Å². The van der Waals surface area contributed by atoms with Gasteiger partial charge in [0.25, 0.3) is 0 Å². The van der Waals surface area contributed by atoms with Crippen LogP contribution in [0.15, 0.2) is 18.2 Å². The normalized spacial score (nSPS) is 12.2. The van der Waals surface area contributed by atoms with Gasteiger partial charge in [0.1, 0.15) is 0 Å².